The molecule has 0 aliphatic carbocycles. The number of hydrogen-bond donors (Lipinski definition) is 1. The summed E-state index contributed by atoms with van der Waals surface area (Å²) in [7, 11) is 0. The molecule has 1 heterocycles. The summed E-state index contributed by atoms with van der Waals surface area (Å²) in [5, 5.41) is 0. The second-order valence-electron chi connectivity index (χ2n) is 4.33. The second kappa shape index (κ2) is 5.47. The van der Waals surface area contributed by atoms with E-state index in [-0.39, 0.29) is 18.1 Å². The maximum atomic E-state index is 11.5. The summed E-state index contributed by atoms with van der Waals surface area (Å²) in [4.78, 5) is 13.7. The molecule has 1 saturated heterocycles. The van der Waals surface area contributed by atoms with Crippen molar-refractivity contribution in [3.8, 4) is 0 Å². The zero-order chi connectivity index (χ0) is 11.4. The van der Waals surface area contributed by atoms with Gasteiger partial charge in [0.1, 0.15) is 6.04 Å². The molecule has 3 atom stereocenters. The maximum Gasteiger partial charge on any atom is 0.323 e. The molecule has 0 radical (unpaired) electrons. The van der Waals surface area contributed by atoms with Gasteiger partial charge in [0.2, 0.25) is 0 Å². The molecule has 1 aliphatic heterocycles. The lowest BCUT2D eigenvalue weighted by Gasteiger charge is -2.23. The Hall–Kier alpha value is -0.610. The van der Waals surface area contributed by atoms with E-state index in [1.165, 1.54) is 0 Å². The van der Waals surface area contributed by atoms with Crippen molar-refractivity contribution < 1.29 is 9.53 Å². The molecule has 0 aromatic rings. The van der Waals surface area contributed by atoms with Crippen molar-refractivity contribution in [1.82, 2.24) is 4.90 Å². The van der Waals surface area contributed by atoms with Gasteiger partial charge in [0.15, 0.2) is 0 Å². The molecule has 15 heavy (non-hydrogen) atoms. The number of rotatable bonds is 4. The average Bonchev–Trinajstić information content (AvgIpc) is 2.65. The Balaban J connectivity index is 2.42. The van der Waals surface area contributed by atoms with E-state index < -0.39 is 0 Å². The van der Waals surface area contributed by atoms with Crippen LogP contribution in [0.15, 0.2) is 0 Å². The average molecular weight is 214 g/mol. The first-order valence-corrected chi connectivity index (χ1v) is 5.72. The highest BCUT2D eigenvalue weighted by atomic mass is 16.5. The van der Waals surface area contributed by atoms with Crippen molar-refractivity contribution >= 4 is 5.97 Å². The van der Waals surface area contributed by atoms with Crippen molar-refractivity contribution in [2.45, 2.75) is 39.3 Å². The highest BCUT2D eigenvalue weighted by Gasteiger charge is 2.31. The molecule has 2 N–H and O–H groups in total. The highest BCUT2D eigenvalue weighted by Crippen LogP contribution is 2.21. The SMILES string of the molecule is CCOC(=O)C(C)N1CCC(C(C)N)C1. The summed E-state index contributed by atoms with van der Waals surface area (Å²) >= 11 is 0. The summed E-state index contributed by atoms with van der Waals surface area (Å²) in [6, 6.07) is 0.0816. The molecule has 1 rings (SSSR count). The number of nitrogens with zero attached hydrogens (tertiary/aromatic N) is 1. The molecule has 0 amide bonds. The Morgan fingerprint density at radius 1 is 1.60 bits per heavy atom. The number of nitrogens with two attached hydrogens (primary N) is 1. The van der Waals surface area contributed by atoms with Crippen LogP contribution in [0.2, 0.25) is 0 Å². The van der Waals surface area contributed by atoms with Gasteiger partial charge in [-0.1, -0.05) is 0 Å². The molecule has 0 spiro atoms. The van der Waals surface area contributed by atoms with E-state index in [2.05, 4.69) is 4.90 Å². The van der Waals surface area contributed by atoms with Gasteiger partial charge in [-0.2, -0.15) is 0 Å². The number of carbonyl (C=O) groups is 1. The fraction of sp³-hybridized carbons (Fsp3) is 0.909. The van der Waals surface area contributed by atoms with Crippen LogP contribution in [-0.4, -0.2) is 42.6 Å². The number of esters is 1. The second-order valence-corrected chi connectivity index (χ2v) is 4.33. The lowest BCUT2D eigenvalue weighted by Crippen LogP contribution is -2.39. The predicted octanol–water partition coefficient (Wildman–Crippen LogP) is 0.607. The minimum absolute atomic E-state index is 0.122. The normalized spacial score (nSPS) is 26.3. The standard InChI is InChI=1S/C11H22N2O2/c1-4-15-11(14)9(3)13-6-5-10(7-13)8(2)12/h8-10H,4-7,12H2,1-3H3. The molecular formula is C11H22N2O2. The molecule has 3 unspecified atom stereocenters. The summed E-state index contributed by atoms with van der Waals surface area (Å²) in [5.74, 6) is 0.393. The molecular weight excluding hydrogens is 192 g/mol. The van der Waals surface area contributed by atoms with E-state index in [4.69, 9.17) is 10.5 Å². The number of carbonyl (C=O) groups excluding carboxylic acids is 1. The third-order valence-electron chi connectivity index (χ3n) is 3.18. The quantitative estimate of drug-likeness (QED) is 0.697. The van der Waals surface area contributed by atoms with Crippen LogP contribution in [0.4, 0.5) is 0 Å². The molecule has 0 aromatic heterocycles. The topological polar surface area (TPSA) is 55.6 Å². The van der Waals surface area contributed by atoms with E-state index in [9.17, 15) is 4.79 Å². The number of likely N-dealkylation sites (tertiary alicyclic amines) is 1. The molecule has 0 bridgehead atoms. The van der Waals surface area contributed by atoms with Gasteiger partial charge in [0, 0.05) is 12.6 Å². The van der Waals surface area contributed by atoms with Crippen LogP contribution in [0.3, 0.4) is 0 Å². The summed E-state index contributed by atoms with van der Waals surface area (Å²) in [5.41, 5.74) is 5.85. The van der Waals surface area contributed by atoms with Crippen LogP contribution in [0.25, 0.3) is 0 Å². The number of hydrogen-bond acceptors (Lipinski definition) is 4. The first-order valence-electron chi connectivity index (χ1n) is 5.72. The summed E-state index contributed by atoms with van der Waals surface area (Å²) in [6.07, 6.45) is 1.08. The van der Waals surface area contributed by atoms with E-state index in [1.807, 2.05) is 20.8 Å². The van der Waals surface area contributed by atoms with E-state index in [1.54, 1.807) is 0 Å². The minimum atomic E-state index is -0.131. The molecule has 1 aliphatic rings. The Kier molecular flexibility index (Phi) is 4.54. The Bertz CT molecular complexity index is 219. The summed E-state index contributed by atoms with van der Waals surface area (Å²) < 4.78 is 5.00. The lowest BCUT2D eigenvalue weighted by molar-refractivity contribution is -0.148. The minimum Gasteiger partial charge on any atom is -0.465 e. The van der Waals surface area contributed by atoms with Gasteiger partial charge in [-0.25, -0.2) is 0 Å². The third kappa shape index (κ3) is 3.18. The highest BCUT2D eigenvalue weighted by molar-refractivity contribution is 5.75. The molecule has 88 valence electrons. The van der Waals surface area contributed by atoms with Gasteiger partial charge in [-0.15, -0.1) is 0 Å². The summed E-state index contributed by atoms with van der Waals surface area (Å²) in [6.45, 7) is 8.09. The van der Waals surface area contributed by atoms with Crippen molar-refractivity contribution in [2.75, 3.05) is 19.7 Å². The van der Waals surface area contributed by atoms with Gasteiger partial charge in [-0.3, -0.25) is 9.69 Å². The van der Waals surface area contributed by atoms with Crippen LogP contribution in [-0.2, 0) is 9.53 Å². The molecule has 0 saturated carbocycles. The van der Waals surface area contributed by atoms with Crippen LogP contribution < -0.4 is 5.73 Å². The molecule has 0 aromatic carbocycles. The van der Waals surface area contributed by atoms with Crippen LogP contribution in [0.5, 0.6) is 0 Å². The van der Waals surface area contributed by atoms with Crippen LogP contribution >= 0.6 is 0 Å². The zero-order valence-electron chi connectivity index (χ0n) is 9.90. The van der Waals surface area contributed by atoms with Gasteiger partial charge in [0.25, 0.3) is 0 Å². The lowest BCUT2D eigenvalue weighted by atomic mass is 10.0. The van der Waals surface area contributed by atoms with Gasteiger partial charge < -0.3 is 10.5 Å². The Morgan fingerprint density at radius 2 is 2.27 bits per heavy atom. The van der Waals surface area contributed by atoms with Crippen molar-refractivity contribution in [2.24, 2.45) is 11.7 Å². The maximum absolute atomic E-state index is 11.5. The van der Waals surface area contributed by atoms with E-state index >= 15 is 0 Å². The largest absolute Gasteiger partial charge is 0.465 e. The van der Waals surface area contributed by atoms with Gasteiger partial charge in [0.05, 0.1) is 6.61 Å². The van der Waals surface area contributed by atoms with Gasteiger partial charge >= 0.3 is 5.97 Å². The monoisotopic (exact) mass is 214 g/mol. The van der Waals surface area contributed by atoms with Crippen molar-refractivity contribution in [1.29, 1.82) is 0 Å². The van der Waals surface area contributed by atoms with Gasteiger partial charge in [-0.05, 0) is 39.7 Å². The fourth-order valence-corrected chi connectivity index (χ4v) is 2.01. The smallest absolute Gasteiger partial charge is 0.323 e. The Labute approximate surface area is 91.8 Å². The zero-order valence-corrected chi connectivity index (χ0v) is 9.90. The first-order chi connectivity index (χ1) is 7.06. The van der Waals surface area contributed by atoms with Crippen LogP contribution in [0.1, 0.15) is 27.2 Å². The molecule has 4 heteroatoms. The van der Waals surface area contributed by atoms with Crippen LogP contribution in [0, 0.1) is 5.92 Å². The third-order valence-corrected chi connectivity index (χ3v) is 3.18. The van der Waals surface area contributed by atoms with E-state index in [0.717, 1.165) is 19.5 Å². The molecule has 4 nitrogen and oxygen atoms in total. The fourth-order valence-electron chi connectivity index (χ4n) is 2.01. The number of ether oxygens (including phenoxy) is 1. The van der Waals surface area contributed by atoms with Crippen molar-refractivity contribution in [3.63, 3.8) is 0 Å². The van der Waals surface area contributed by atoms with E-state index in [0.29, 0.717) is 12.5 Å². The van der Waals surface area contributed by atoms with Crippen molar-refractivity contribution in [3.05, 3.63) is 0 Å². The Morgan fingerprint density at radius 3 is 2.73 bits per heavy atom. The first kappa shape index (κ1) is 12.5. The predicted molar refractivity (Wildman–Crippen MR) is 59.4 cm³/mol. The molecule has 1 fully saturated rings.